The Labute approximate surface area is 173 Å². The maximum Gasteiger partial charge on any atom is 0.336 e. The number of imidazole rings is 1. The number of nitrogens with one attached hydrogen (secondary N) is 2. The van der Waals surface area contributed by atoms with Crippen molar-refractivity contribution in [2.45, 2.75) is 32.7 Å². The maximum atomic E-state index is 12.5. The highest BCUT2D eigenvalue weighted by molar-refractivity contribution is 5.83. The summed E-state index contributed by atoms with van der Waals surface area (Å²) in [7, 11) is 1.56. The molecule has 0 aliphatic carbocycles. The quantitative estimate of drug-likeness (QED) is 0.476. The average molecular weight is 405 g/mol. The summed E-state index contributed by atoms with van der Waals surface area (Å²) in [6.45, 7) is 3.76. The molecular formula is C23H23N3O4. The number of aromatic nitrogens is 2. The van der Waals surface area contributed by atoms with Gasteiger partial charge in [-0.15, -0.1) is 0 Å². The molecule has 4 rings (SSSR count). The van der Waals surface area contributed by atoms with E-state index in [0.29, 0.717) is 24.2 Å². The predicted octanol–water partition coefficient (Wildman–Crippen LogP) is 3.80. The van der Waals surface area contributed by atoms with Crippen molar-refractivity contribution in [3.63, 3.8) is 0 Å². The number of H-pyrrole nitrogens is 1. The van der Waals surface area contributed by atoms with E-state index in [4.69, 9.17) is 9.15 Å². The minimum Gasteiger partial charge on any atom is -0.496 e. The lowest BCUT2D eigenvalue weighted by molar-refractivity contribution is -0.121. The van der Waals surface area contributed by atoms with E-state index in [1.807, 2.05) is 44.2 Å². The van der Waals surface area contributed by atoms with E-state index in [1.54, 1.807) is 13.2 Å². The largest absolute Gasteiger partial charge is 0.496 e. The van der Waals surface area contributed by atoms with Crippen LogP contribution in [0.15, 0.2) is 51.7 Å². The monoisotopic (exact) mass is 405 g/mol. The van der Waals surface area contributed by atoms with Crippen LogP contribution in [0.2, 0.25) is 0 Å². The van der Waals surface area contributed by atoms with Crippen LogP contribution in [0.4, 0.5) is 0 Å². The van der Waals surface area contributed by atoms with E-state index in [-0.39, 0.29) is 11.9 Å². The molecule has 0 spiro atoms. The third-order valence-corrected chi connectivity index (χ3v) is 5.17. The highest BCUT2D eigenvalue weighted by Gasteiger charge is 2.15. The van der Waals surface area contributed by atoms with Crippen molar-refractivity contribution >= 4 is 27.9 Å². The van der Waals surface area contributed by atoms with E-state index in [2.05, 4.69) is 15.3 Å². The molecule has 0 radical (unpaired) electrons. The molecule has 0 aliphatic rings. The topological polar surface area (TPSA) is 97.2 Å². The van der Waals surface area contributed by atoms with Gasteiger partial charge in [-0.05, 0) is 49.6 Å². The number of aryl methyl sites for hydroxylation is 2. The molecule has 0 fully saturated rings. The van der Waals surface area contributed by atoms with Crippen LogP contribution < -0.4 is 15.7 Å². The Hall–Kier alpha value is -3.61. The molecule has 30 heavy (non-hydrogen) atoms. The number of hydrogen-bond acceptors (Lipinski definition) is 5. The SMILES string of the molecule is COc1cc2oc(=O)cc(C)c2cc1CCC(=O)N[C@@H](C)c1nc2ccccc2[nH]1. The summed E-state index contributed by atoms with van der Waals surface area (Å²) in [5.74, 6) is 1.23. The highest BCUT2D eigenvalue weighted by atomic mass is 16.5. The Kier molecular flexibility index (Phi) is 5.27. The molecule has 154 valence electrons. The van der Waals surface area contributed by atoms with Gasteiger partial charge in [-0.3, -0.25) is 4.79 Å². The van der Waals surface area contributed by atoms with Gasteiger partial charge in [-0.25, -0.2) is 9.78 Å². The van der Waals surface area contributed by atoms with Crippen LogP contribution in [0.5, 0.6) is 5.75 Å². The first kappa shape index (κ1) is 19.7. The number of carbonyl (C=O) groups excluding carboxylic acids is 1. The van der Waals surface area contributed by atoms with Crippen molar-refractivity contribution in [1.82, 2.24) is 15.3 Å². The van der Waals surface area contributed by atoms with Crippen LogP contribution in [0, 0.1) is 6.92 Å². The van der Waals surface area contributed by atoms with Gasteiger partial charge >= 0.3 is 5.63 Å². The molecule has 2 aromatic heterocycles. The number of methoxy groups -OCH3 is 1. The fourth-order valence-electron chi connectivity index (χ4n) is 3.58. The van der Waals surface area contributed by atoms with Crippen molar-refractivity contribution < 1.29 is 13.9 Å². The zero-order valence-electron chi connectivity index (χ0n) is 17.1. The van der Waals surface area contributed by atoms with Gasteiger partial charge in [0.1, 0.15) is 17.2 Å². The summed E-state index contributed by atoms with van der Waals surface area (Å²) in [5, 5.41) is 3.82. The van der Waals surface area contributed by atoms with Crippen LogP contribution in [-0.4, -0.2) is 23.0 Å². The van der Waals surface area contributed by atoms with Crippen LogP contribution in [0.25, 0.3) is 22.0 Å². The minimum atomic E-state index is -0.395. The van der Waals surface area contributed by atoms with Gasteiger partial charge < -0.3 is 19.5 Å². The normalized spacial score (nSPS) is 12.2. The molecule has 2 aromatic carbocycles. The third kappa shape index (κ3) is 3.91. The number of para-hydroxylation sites is 2. The van der Waals surface area contributed by atoms with Crippen molar-refractivity contribution in [2.24, 2.45) is 0 Å². The standard InChI is InChI=1S/C23H23N3O4/c1-13-10-22(28)30-20-12-19(29-3)15(11-16(13)20)8-9-21(27)24-14(2)23-25-17-6-4-5-7-18(17)26-23/h4-7,10-12,14H,8-9H2,1-3H3,(H,24,27)(H,25,26)/t14-/m0/s1. The molecule has 7 nitrogen and oxygen atoms in total. The molecule has 0 saturated carbocycles. The smallest absolute Gasteiger partial charge is 0.336 e. The fraction of sp³-hybridized carbons (Fsp3) is 0.261. The highest BCUT2D eigenvalue weighted by Crippen LogP contribution is 2.28. The van der Waals surface area contributed by atoms with E-state index < -0.39 is 5.63 Å². The van der Waals surface area contributed by atoms with Crippen molar-refractivity contribution in [2.75, 3.05) is 7.11 Å². The molecular weight excluding hydrogens is 382 g/mol. The maximum absolute atomic E-state index is 12.5. The summed E-state index contributed by atoms with van der Waals surface area (Å²) in [6.07, 6.45) is 0.790. The summed E-state index contributed by atoms with van der Waals surface area (Å²) in [6, 6.07) is 12.6. The van der Waals surface area contributed by atoms with E-state index in [9.17, 15) is 9.59 Å². The van der Waals surface area contributed by atoms with E-state index >= 15 is 0 Å². The first-order chi connectivity index (χ1) is 14.4. The van der Waals surface area contributed by atoms with Crippen LogP contribution in [-0.2, 0) is 11.2 Å². The van der Waals surface area contributed by atoms with Gasteiger partial charge in [0.05, 0.1) is 24.2 Å². The second kappa shape index (κ2) is 8.02. The molecule has 2 heterocycles. The van der Waals surface area contributed by atoms with Crippen molar-refractivity contribution in [3.05, 3.63) is 69.8 Å². The van der Waals surface area contributed by atoms with Crippen molar-refractivity contribution in [3.8, 4) is 5.75 Å². The number of carbonyl (C=O) groups is 1. The summed E-state index contributed by atoms with van der Waals surface area (Å²) in [5.41, 5.74) is 3.60. The molecule has 2 N–H and O–H groups in total. The van der Waals surface area contributed by atoms with Gasteiger partial charge in [0.15, 0.2) is 0 Å². The summed E-state index contributed by atoms with van der Waals surface area (Å²) in [4.78, 5) is 31.9. The molecule has 0 unspecified atom stereocenters. The van der Waals surface area contributed by atoms with Gasteiger partial charge in [-0.1, -0.05) is 12.1 Å². The zero-order valence-corrected chi connectivity index (χ0v) is 17.1. The summed E-state index contributed by atoms with van der Waals surface area (Å²) < 4.78 is 10.7. The zero-order chi connectivity index (χ0) is 21.3. The summed E-state index contributed by atoms with van der Waals surface area (Å²) >= 11 is 0. The lowest BCUT2D eigenvalue weighted by Gasteiger charge is -2.13. The van der Waals surface area contributed by atoms with Crippen LogP contribution in [0.1, 0.15) is 36.3 Å². The molecule has 0 saturated heterocycles. The van der Waals surface area contributed by atoms with Crippen LogP contribution in [0.3, 0.4) is 0 Å². The molecule has 4 aromatic rings. The molecule has 1 amide bonds. The van der Waals surface area contributed by atoms with Crippen molar-refractivity contribution in [1.29, 1.82) is 0 Å². The lowest BCUT2D eigenvalue weighted by Crippen LogP contribution is -2.27. The Balaban J connectivity index is 1.47. The first-order valence-corrected chi connectivity index (χ1v) is 9.80. The van der Waals surface area contributed by atoms with Gasteiger partial charge in [0, 0.05) is 23.9 Å². The molecule has 1 atom stereocenters. The Morgan fingerprint density at radius 1 is 1.27 bits per heavy atom. The minimum absolute atomic E-state index is 0.0820. The number of rotatable bonds is 6. The first-order valence-electron chi connectivity index (χ1n) is 9.80. The second-order valence-electron chi connectivity index (χ2n) is 7.34. The molecule has 0 bridgehead atoms. The predicted molar refractivity (Wildman–Crippen MR) is 115 cm³/mol. The fourth-order valence-corrected chi connectivity index (χ4v) is 3.58. The number of hydrogen-bond donors (Lipinski definition) is 2. The third-order valence-electron chi connectivity index (χ3n) is 5.17. The molecule has 7 heteroatoms. The Bertz CT molecular complexity index is 1260. The number of amides is 1. The number of aromatic amines is 1. The Morgan fingerprint density at radius 3 is 2.83 bits per heavy atom. The van der Waals surface area contributed by atoms with Gasteiger partial charge in [-0.2, -0.15) is 0 Å². The number of fused-ring (bicyclic) bond motifs is 2. The van der Waals surface area contributed by atoms with Crippen LogP contribution >= 0.6 is 0 Å². The van der Waals surface area contributed by atoms with Gasteiger partial charge in [0.25, 0.3) is 0 Å². The lowest BCUT2D eigenvalue weighted by atomic mass is 10.0. The number of benzene rings is 2. The average Bonchev–Trinajstić information content (AvgIpc) is 3.16. The Morgan fingerprint density at radius 2 is 2.07 bits per heavy atom. The van der Waals surface area contributed by atoms with Gasteiger partial charge in [0.2, 0.25) is 5.91 Å². The van der Waals surface area contributed by atoms with E-state index in [1.165, 1.54) is 6.07 Å². The second-order valence-corrected chi connectivity index (χ2v) is 7.34. The number of ether oxygens (including phenoxy) is 1. The number of nitrogens with zero attached hydrogens (tertiary/aromatic N) is 1. The van der Waals surface area contributed by atoms with E-state index in [0.717, 1.165) is 33.4 Å². The molecule has 0 aliphatic heterocycles.